The Labute approximate surface area is 113 Å². The molecule has 0 aromatic rings. The van der Waals surface area contributed by atoms with Crippen molar-refractivity contribution in [3.8, 4) is 0 Å². The predicted molar refractivity (Wildman–Crippen MR) is 69.4 cm³/mol. The third-order valence-corrected chi connectivity index (χ3v) is 5.78. The molecule has 0 N–H and O–H groups in total. The van der Waals surface area contributed by atoms with Crippen LogP contribution in [0.5, 0.6) is 0 Å². The monoisotopic (exact) mass is 354 g/mol. The first kappa shape index (κ1) is 14.0. The quantitative estimate of drug-likeness (QED) is 0.623. The van der Waals surface area contributed by atoms with Crippen LogP contribution in [0.15, 0.2) is 0 Å². The SMILES string of the molecule is CC(=O)N1C[C@](C)(Br)[C@@](C)(Br)CN1C(C)=O. The second kappa shape index (κ2) is 4.29. The van der Waals surface area contributed by atoms with Crippen molar-refractivity contribution in [2.75, 3.05) is 13.1 Å². The molecule has 16 heavy (non-hydrogen) atoms. The largest absolute Gasteiger partial charge is 0.273 e. The second-order valence-electron chi connectivity index (χ2n) is 4.55. The fourth-order valence-corrected chi connectivity index (χ4v) is 2.35. The van der Waals surface area contributed by atoms with Gasteiger partial charge in [-0.1, -0.05) is 31.9 Å². The average Bonchev–Trinajstić information content (AvgIpc) is 2.08. The van der Waals surface area contributed by atoms with Crippen molar-refractivity contribution in [1.29, 1.82) is 0 Å². The minimum Gasteiger partial charge on any atom is -0.273 e. The summed E-state index contributed by atoms with van der Waals surface area (Å²) >= 11 is 7.24. The Hall–Kier alpha value is -0.100. The van der Waals surface area contributed by atoms with E-state index < -0.39 is 0 Å². The van der Waals surface area contributed by atoms with Gasteiger partial charge in [0.15, 0.2) is 0 Å². The van der Waals surface area contributed by atoms with Crippen LogP contribution < -0.4 is 0 Å². The molecule has 2 amide bonds. The summed E-state index contributed by atoms with van der Waals surface area (Å²) in [5.74, 6) is -0.243. The number of halogens is 2. The number of carbonyl (C=O) groups excluding carboxylic acids is 2. The topological polar surface area (TPSA) is 40.6 Å². The molecule has 4 nitrogen and oxygen atoms in total. The normalized spacial score (nSPS) is 35.1. The fourth-order valence-electron chi connectivity index (χ4n) is 1.63. The minimum atomic E-state index is -0.266. The zero-order chi connectivity index (χ0) is 12.7. The van der Waals surface area contributed by atoms with Gasteiger partial charge >= 0.3 is 0 Å². The van der Waals surface area contributed by atoms with E-state index in [4.69, 9.17) is 0 Å². The minimum absolute atomic E-state index is 0.121. The van der Waals surface area contributed by atoms with Crippen LogP contribution in [0.4, 0.5) is 0 Å². The molecule has 0 aromatic carbocycles. The first-order valence-corrected chi connectivity index (χ1v) is 6.61. The van der Waals surface area contributed by atoms with Crippen molar-refractivity contribution in [3.05, 3.63) is 0 Å². The van der Waals surface area contributed by atoms with Crippen molar-refractivity contribution >= 4 is 43.7 Å². The Bertz CT molecular complexity index is 297. The van der Waals surface area contributed by atoms with E-state index in [0.29, 0.717) is 13.1 Å². The molecule has 0 aliphatic carbocycles. The van der Waals surface area contributed by atoms with E-state index in [9.17, 15) is 9.59 Å². The number of rotatable bonds is 0. The molecule has 92 valence electrons. The highest BCUT2D eigenvalue weighted by Crippen LogP contribution is 2.43. The summed E-state index contributed by atoms with van der Waals surface area (Å²) in [6.07, 6.45) is 0. The van der Waals surface area contributed by atoms with Crippen molar-refractivity contribution < 1.29 is 9.59 Å². The molecule has 1 aliphatic heterocycles. The highest BCUT2D eigenvalue weighted by molar-refractivity contribution is 9.13. The molecule has 1 rings (SSSR count). The Morgan fingerprint density at radius 1 is 0.938 bits per heavy atom. The van der Waals surface area contributed by atoms with Crippen LogP contribution in [0.1, 0.15) is 27.7 Å². The lowest BCUT2D eigenvalue weighted by atomic mass is 9.92. The molecule has 0 bridgehead atoms. The number of hydrazine groups is 1. The summed E-state index contributed by atoms with van der Waals surface area (Å²) in [6.45, 7) is 7.88. The van der Waals surface area contributed by atoms with Crippen molar-refractivity contribution in [2.24, 2.45) is 0 Å². The van der Waals surface area contributed by atoms with E-state index in [2.05, 4.69) is 31.9 Å². The number of hydrogen-bond donors (Lipinski definition) is 0. The molecule has 2 atom stereocenters. The van der Waals surface area contributed by atoms with Crippen molar-refractivity contribution in [2.45, 2.75) is 36.3 Å². The van der Waals surface area contributed by atoms with Gasteiger partial charge in [0.25, 0.3) is 0 Å². The lowest BCUT2D eigenvalue weighted by Gasteiger charge is -2.51. The van der Waals surface area contributed by atoms with E-state index in [-0.39, 0.29) is 20.5 Å². The summed E-state index contributed by atoms with van der Waals surface area (Å²) in [5.41, 5.74) is 0. The highest BCUT2D eigenvalue weighted by Gasteiger charge is 2.50. The smallest absolute Gasteiger partial charge is 0.238 e. The third-order valence-electron chi connectivity index (χ3n) is 3.00. The molecular formula is C10H16Br2N2O2. The van der Waals surface area contributed by atoms with E-state index in [1.54, 1.807) is 0 Å². The van der Waals surface area contributed by atoms with Gasteiger partial charge in [-0.15, -0.1) is 0 Å². The van der Waals surface area contributed by atoms with Crippen molar-refractivity contribution in [1.82, 2.24) is 10.0 Å². The third kappa shape index (κ3) is 2.42. The van der Waals surface area contributed by atoms with Crippen LogP contribution in [0.2, 0.25) is 0 Å². The summed E-state index contributed by atoms with van der Waals surface area (Å²) in [7, 11) is 0. The maximum Gasteiger partial charge on any atom is 0.238 e. The van der Waals surface area contributed by atoms with E-state index >= 15 is 0 Å². The van der Waals surface area contributed by atoms with Gasteiger partial charge in [0.1, 0.15) is 0 Å². The van der Waals surface area contributed by atoms with Crippen LogP contribution in [0.3, 0.4) is 0 Å². The molecule has 1 saturated heterocycles. The van der Waals surface area contributed by atoms with Gasteiger partial charge in [0.05, 0.1) is 21.7 Å². The molecular weight excluding hydrogens is 340 g/mol. The van der Waals surface area contributed by atoms with Gasteiger partial charge in [-0.2, -0.15) is 0 Å². The lowest BCUT2D eigenvalue weighted by molar-refractivity contribution is -0.167. The molecule has 0 spiro atoms. The summed E-state index contributed by atoms with van der Waals surface area (Å²) in [6, 6.07) is 0. The Kier molecular flexibility index (Phi) is 3.75. The number of hydrogen-bond acceptors (Lipinski definition) is 2. The van der Waals surface area contributed by atoms with Gasteiger partial charge in [-0.05, 0) is 13.8 Å². The van der Waals surface area contributed by atoms with E-state index in [1.165, 1.54) is 23.9 Å². The molecule has 1 aliphatic rings. The molecule has 1 heterocycles. The van der Waals surface area contributed by atoms with Crippen LogP contribution in [0, 0.1) is 0 Å². The Morgan fingerprint density at radius 2 is 1.19 bits per heavy atom. The van der Waals surface area contributed by atoms with Gasteiger partial charge in [0, 0.05) is 13.8 Å². The van der Waals surface area contributed by atoms with E-state index in [0.717, 1.165) is 0 Å². The summed E-state index contributed by atoms with van der Waals surface area (Å²) in [4.78, 5) is 23.0. The summed E-state index contributed by atoms with van der Waals surface area (Å²) < 4.78 is -0.532. The van der Waals surface area contributed by atoms with Crippen molar-refractivity contribution in [3.63, 3.8) is 0 Å². The fraction of sp³-hybridized carbons (Fsp3) is 0.800. The van der Waals surface area contributed by atoms with Gasteiger partial charge < -0.3 is 0 Å². The Morgan fingerprint density at radius 3 is 1.38 bits per heavy atom. The standard InChI is InChI=1S/C10H16Br2N2O2/c1-7(15)13-5-9(3,11)10(4,12)6-14(13)8(2)16/h5-6H2,1-4H3/t9-,10-/m0/s1. The maximum atomic E-state index is 11.5. The van der Waals surface area contributed by atoms with Crippen LogP contribution in [0.25, 0.3) is 0 Å². The van der Waals surface area contributed by atoms with Gasteiger partial charge in [-0.3, -0.25) is 19.6 Å². The molecule has 0 unspecified atom stereocenters. The Balaban J connectivity index is 3.05. The number of carbonyl (C=O) groups is 2. The van der Waals surface area contributed by atoms with E-state index in [1.807, 2.05) is 13.8 Å². The number of alkyl halides is 2. The average molecular weight is 356 g/mol. The molecule has 0 aromatic heterocycles. The maximum absolute atomic E-state index is 11.5. The summed E-state index contributed by atoms with van der Waals surface area (Å²) in [5, 5.41) is 2.97. The molecule has 1 fully saturated rings. The van der Waals surface area contributed by atoms with Gasteiger partial charge in [0.2, 0.25) is 11.8 Å². The first-order valence-electron chi connectivity index (χ1n) is 5.02. The lowest BCUT2D eigenvalue weighted by Crippen LogP contribution is -2.67. The zero-order valence-electron chi connectivity index (χ0n) is 9.88. The van der Waals surface area contributed by atoms with Crippen LogP contribution >= 0.6 is 31.9 Å². The van der Waals surface area contributed by atoms with Gasteiger partial charge in [-0.25, -0.2) is 0 Å². The molecule has 0 radical (unpaired) electrons. The molecule has 6 heteroatoms. The zero-order valence-corrected chi connectivity index (χ0v) is 13.1. The highest BCUT2D eigenvalue weighted by atomic mass is 79.9. The van der Waals surface area contributed by atoms with Crippen LogP contribution in [-0.4, -0.2) is 43.6 Å². The molecule has 0 saturated carbocycles. The predicted octanol–water partition coefficient (Wildman–Crippen LogP) is 1.92. The first-order chi connectivity index (χ1) is 7.08. The number of nitrogens with zero attached hydrogens (tertiary/aromatic N) is 2. The number of amides is 2. The van der Waals surface area contributed by atoms with Crippen LogP contribution in [-0.2, 0) is 9.59 Å². The second-order valence-corrected chi connectivity index (χ2v) is 8.05.